The molecule has 1 aromatic heterocycles. The zero-order valence-electron chi connectivity index (χ0n) is 12.3. The van der Waals surface area contributed by atoms with Crippen LogP contribution in [-0.2, 0) is 6.54 Å². The van der Waals surface area contributed by atoms with Gasteiger partial charge in [0.05, 0.1) is 5.69 Å². The van der Waals surface area contributed by atoms with Gasteiger partial charge < -0.3 is 5.73 Å². The number of likely N-dealkylation sites (N-methyl/N-ethyl adjacent to an activating group) is 1. The molecule has 19 heavy (non-hydrogen) atoms. The van der Waals surface area contributed by atoms with Crippen molar-refractivity contribution >= 4 is 0 Å². The molecule has 2 rings (SSSR count). The van der Waals surface area contributed by atoms with Gasteiger partial charge in [-0.2, -0.15) is 0 Å². The van der Waals surface area contributed by atoms with Crippen LogP contribution in [0, 0.1) is 5.92 Å². The summed E-state index contributed by atoms with van der Waals surface area (Å²) in [7, 11) is 0. The molecule has 0 saturated heterocycles. The first kappa shape index (κ1) is 14.5. The van der Waals surface area contributed by atoms with Crippen LogP contribution in [0.15, 0.2) is 24.4 Å². The largest absolute Gasteiger partial charge is 0.329 e. The molecule has 2 unspecified atom stereocenters. The second-order valence-corrected chi connectivity index (χ2v) is 5.79. The maximum atomic E-state index is 6.20. The Balaban J connectivity index is 2.18. The van der Waals surface area contributed by atoms with Gasteiger partial charge in [-0.05, 0) is 37.4 Å². The standard InChI is InChI=1S/C16H27N3/c1-3-19(12-15-9-5-7-11-18-15)16(13-17)10-6-4-8-14(16)2/h5,7,9,11,14H,3-4,6,8,10,12-13,17H2,1-2H3. The van der Waals surface area contributed by atoms with Gasteiger partial charge >= 0.3 is 0 Å². The van der Waals surface area contributed by atoms with Crippen LogP contribution >= 0.6 is 0 Å². The molecule has 2 N–H and O–H groups in total. The van der Waals surface area contributed by atoms with E-state index in [0.29, 0.717) is 5.92 Å². The van der Waals surface area contributed by atoms with Gasteiger partial charge in [0.25, 0.3) is 0 Å². The molecule has 106 valence electrons. The van der Waals surface area contributed by atoms with Gasteiger partial charge in [-0.25, -0.2) is 0 Å². The van der Waals surface area contributed by atoms with Gasteiger partial charge in [-0.1, -0.05) is 32.8 Å². The van der Waals surface area contributed by atoms with Crippen molar-refractivity contribution in [2.24, 2.45) is 11.7 Å². The lowest BCUT2D eigenvalue weighted by molar-refractivity contribution is 0.00977. The van der Waals surface area contributed by atoms with Crippen molar-refractivity contribution in [2.45, 2.75) is 51.6 Å². The first-order valence-electron chi connectivity index (χ1n) is 7.58. The average Bonchev–Trinajstić information content (AvgIpc) is 2.47. The fraction of sp³-hybridized carbons (Fsp3) is 0.688. The van der Waals surface area contributed by atoms with Crippen molar-refractivity contribution in [3.8, 4) is 0 Å². The predicted octanol–water partition coefficient (Wildman–Crippen LogP) is 2.81. The number of aromatic nitrogens is 1. The highest BCUT2D eigenvalue weighted by Gasteiger charge is 2.41. The monoisotopic (exact) mass is 261 g/mol. The second-order valence-electron chi connectivity index (χ2n) is 5.79. The number of rotatable bonds is 5. The van der Waals surface area contributed by atoms with Gasteiger partial charge in [-0.15, -0.1) is 0 Å². The molecule has 1 aliphatic rings. The maximum Gasteiger partial charge on any atom is 0.0544 e. The van der Waals surface area contributed by atoms with Gasteiger partial charge in [0.15, 0.2) is 0 Å². The Morgan fingerprint density at radius 3 is 2.84 bits per heavy atom. The molecular formula is C16H27N3. The topological polar surface area (TPSA) is 42.2 Å². The van der Waals surface area contributed by atoms with E-state index < -0.39 is 0 Å². The second kappa shape index (κ2) is 6.49. The number of hydrogen-bond acceptors (Lipinski definition) is 3. The first-order valence-corrected chi connectivity index (χ1v) is 7.58. The third kappa shape index (κ3) is 2.98. The van der Waals surface area contributed by atoms with Gasteiger partial charge in [-0.3, -0.25) is 9.88 Å². The average molecular weight is 261 g/mol. The summed E-state index contributed by atoms with van der Waals surface area (Å²) in [6.45, 7) is 7.32. The predicted molar refractivity (Wildman–Crippen MR) is 79.7 cm³/mol. The summed E-state index contributed by atoms with van der Waals surface area (Å²) in [4.78, 5) is 7.02. The van der Waals surface area contributed by atoms with E-state index in [4.69, 9.17) is 5.73 Å². The highest BCUT2D eigenvalue weighted by atomic mass is 15.2. The molecule has 2 atom stereocenters. The summed E-state index contributed by atoms with van der Waals surface area (Å²) < 4.78 is 0. The Bertz CT molecular complexity index is 379. The van der Waals surface area contributed by atoms with Crippen LogP contribution in [-0.4, -0.2) is 28.5 Å². The van der Waals surface area contributed by atoms with E-state index in [1.165, 1.54) is 25.7 Å². The van der Waals surface area contributed by atoms with Gasteiger partial charge in [0, 0.05) is 24.8 Å². The zero-order chi connectivity index (χ0) is 13.7. The van der Waals surface area contributed by atoms with Crippen LogP contribution < -0.4 is 5.73 Å². The fourth-order valence-electron chi connectivity index (χ4n) is 3.57. The zero-order valence-corrected chi connectivity index (χ0v) is 12.3. The summed E-state index contributed by atoms with van der Waals surface area (Å²) in [6, 6.07) is 6.15. The summed E-state index contributed by atoms with van der Waals surface area (Å²) in [5, 5.41) is 0. The summed E-state index contributed by atoms with van der Waals surface area (Å²) >= 11 is 0. The normalized spacial score (nSPS) is 27.7. The van der Waals surface area contributed by atoms with Crippen LogP contribution in [0.3, 0.4) is 0 Å². The molecule has 1 saturated carbocycles. The van der Waals surface area contributed by atoms with Crippen molar-refractivity contribution in [2.75, 3.05) is 13.1 Å². The van der Waals surface area contributed by atoms with Crippen molar-refractivity contribution in [3.05, 3.63) is 30.1 Å². The number of pyridine rings is 1. The van der Waals surface area contributed by atoms with Crippen LogP contribution in [0.2, 0.25) is 0 Å². The maximum absolute atomic E-state index is 6.20. The highest BCUT2D eigenvalue weighted by molar-refractivity contribution is 5.06. The van der Waals surface area contributed by atoms with Crippen molar-refractivity contribution in [3.63, 3.8) is 0 Å². The van der Waals surface area contributed by atoms with Crippen LogP contribution in [0.1, 0.15) is 45.2 Å². The van der Waals surface area contributed by atoms with E-state index in [0.717, 1.165) is 25.3 Å². The molecule has 0 bridgehead atoms. The van der Waals surface area contributed by atoms with Crippen molar-refractivity contribution in [1.29, 1.82) is 0 Å². The lowest BCUT2D eigenvalue weighted by Crippen LogP contribution is -2.58. The molecule has 1 aliphatic carbocycles. The van der Waals surface area contributed by atoms with E-state index in [1.807, 2.05) is 12.3 Å². The molecule has 0 aromatic carbocycles. The Morgan fingerprint density at radius 2 is 2.26 bits per heavy atom. The Kier molecular flexibility index (Phi) is 4.94. The third-order valence-corrected chi connectivity index (χ3v) is 4.86. The lowest BCUT2D eigenvalue weighted by Gasteiger charge is -2.50. The van der Waals surface area contributed by atoms with Crippen LogP contribution in [0.5, 0.6) is 0 Å². The Hall–Kier alpha value is -0.930. The van der Waals surface area contributed by atoms with E-state index in [9.17, 15) is 0 Å². The number of hydrogen-bond donors (Lipinski definition) is 1. The van der Waals surface area contributed by atoms with E-state index in [1.54, 1.807) is 0 Å². The van der Waals surface area contributed by atoms with Gasteiger partial charge in [0.1, 0.15) is 0 Å². The molecule has 1 aromatic rings. The van der Waals surface area contributed by atoms with Crippen molar-refractivity contribution in [1.82, 2.24) is 9.88 Å². The van der Waals surface area contributed by atoms with Crippen molar-refractivity contribution < 1.29 is 0 Å². The van der Waals surface area contributed by atoms with Crippen LogP contribution in [0.25, 0.3) is 0 Å². The minimum absolute atomic E-state index is 0.171. The molecule has 3 heteroatoms. The summed E-state index contributed by atoms with van der Waals surface area (Å²) in [5.74, 6) is 0.676. The molecule has 0 radical (unpaired) electrons. The molecule has 0 aliphatic heterocycles. The smallest absolute Gasteiger partial charge is 0.0544 e. The van der Waals surface area contributed by atoms with E-state index in [-0.39, 0.29) is 5.54 Å². The lowest BCUT2D eigenvalue weighted by atomic mass is 9.72. The Labute approximate surface area is 117 Å². The summed E-state index contributed by atoms with van der Waals surface area (Å²) in [5.41, 5.74) is 7.52. The minimum atomic E-state index is 0.171. The number of nitrogens with zero attached hydrogens (tertiary/aromatic N) is 2. The van der Waals surface area contributed by atoms with Crippen LogP contribution in [0.4, 0.5) is 0 Å². The first-order chi connectivity index (χ1) is 9.23. The summed E-state index contributed by atoms with van der Waals surface area (Å²) in [6.07, 6.45) is 7.06. The van der Waals surface area contributed by atoms with E-state index in [2.05, 4.69) is 35.9 Å². The molecule has 1 fully saturated rings. The molecule has 3 nitrogen and oxygen atoms in total. The molecular weight excluding hydrogens is 234 g/mol. The SMILES string of the molecule is CCN(Cc1ccccn1)C1(CN)CCCCC1C. The minimum Gasteiger partial charge on any atom is -0.329 e. The van der Waals surface area contributed by atoms with E-state index >= 15 is 0 Å². The molecule has 1 heterocycles. The third-order valence-electron chi connectivity index (χ3n) is 4.86. The van der Waals surface area contributed by atoms with Gasteiger partial charge in [0.2, 0.25) is 0 Å². The highest BCUT2D eigenvalue weighted by Crippen LogP contribution is 2.38. The molecule has 0 spiro atoms. The fourth-order valence-corrected chi connectivity index (χ4v) is 3.57. The quantitative estimate of drug-likeness (QED) is 0.886. The number of nitrogens with two attached hydrogens (primary N) is 1. The Morgan fingerprint density at radius 1 is 1.42 bits per heavy atom. The molecule has 0 amide bonds.